The van der Waals surface area contributed by atoms with Crippen molar-refractivity contribution in [2.75, 3.05) is 25.1 Å². The molecule has 7 nitrogen and oxygen atoms in total. The number of hydrogen-bond acceptors (Lipinski definition) is 6. The number of carbonyl (C=O) groups excluding carboxylic acids is 1. The average Bonchev–Trinajstić information content (AvgIpc) is 3.55. The normalized spacial score (nSPS) is 15.7. The van der Waals surface area contributed by atoms with Gasteiger partial charge in [0, 0.05) is 36.7 Å². The summed E-state index contributed by atoms with van der Waals surface area (Å²) < 4.78 is 39.3. The molecule has 1 aliphatic carbocycles. The Hall–Kier alpha value is -3.72. The minimum absolute atomic E-state index is 0.0176. The van der Waals surface area contributed by atoms with Crippen LogP contribution in [0.3, 0.4) is 0 Å². The lowest BCUT2D eigenvalue weighted by Crippen LogP contribution is -2.26. The van der Waals surface area contributed by atoms with Crippen molar-refractivity contribution in [1.82, 2.24) is 10.3 Å². The number of nitrogens with zero attached hydrogens (tertiary/aromatic N) is 1. The Morgan fingerprint density at radius 2 is 1.93 bits per heavy atom. The van der Waals surface area contributed by atoms with Gasteiger partial charge in [-0.05, 0) is 81.2 Å². The van der Waals surface area contributed by atoms with Crippen LogP contribution in [-0.4, -0.2) is 35.8 Å². The molecule has 43 heavy (non-hydrogen) atoms. The third-order valence-corrected chi connectivity index (χ3v) is 7.91. The van der Waals surface area contributed by atoms with Gasteiger partial charge >= 0.3 is 0 Å². The molecular formula is C34H43F2N3O4. The third kappa shape index (κ3) is 9.13. The Kier molecular flexibility index (Phi) is 11.0. The zero-order valence-electron chi connectivity index (χ0n) is 25.6. The highest BCUT2D eigenvalue weighted by Crippen LogP contribution is 2.45. The van der Waals surface area contributed by atoms with Gasteiger partial charge in [0.2, 0.25) is 5.76 Å². The quantitative estimate of drug-likeness (QED) is 0.117. The molecule has 0 saturated heterocycles. The van der Waals surface area contributed by atoms with Gasteiger partial charge in [0.1, 0.15) is 17.2 Å². The van der Waals surface area contributed by atoms with E-state index in [-0.39, 0.29) is 29.4 Å². The molecule has 1 aromatic heterocycles. The van der Waals surface area contributed by atoms with Crippen LogP contribution in [0.1, 0.15) is 77.7 Å². The highest BCUT2D eigenvalue weighted by molar-refractivity contribution is 6.02. The van der Waals surface area contributed by atoms with Gasteiger partial charge in [-0.25, -0.2) is 13.8 Å². The fraction of sp³-hybridized carbons (Fsp3) is 0.471. The molecule has 4 rings (SSSR count). The summed E-state index contributed by atoms with van der Waals surface area (Å²) >= 11 is 0. The predicted octanol–water partition coefficient (Wildman–Crippen LogP) is 7.52. The van der Waals surface area contributed by atoms with Crippen molar-refractivity contribution in [2.24, 2.45) is 11.3 Å². The van der Waals surface area contributed by atoms with E-state index in [0.717, 1.165) is 84.9 Å². The average molecular weight is 596 g/mol. The molecular weight excluding hydrogens is 552 g/mol. The molecule has 2 aromatic carbocycles. The molecule has 9 heteroatoms. The fourth-order valence-corrected chi connectivity index (χ4v) is 5.06. The second kappa shape index (κ2) is 14.6. The second-order valence-electron chi connectivity index (χ2n) is 11.8. The lowest BCUT2D eigenvalue weighted by atomic mass is 9.89. The lowest BCUT2D eigenvalue weighted by Gasteiger charge is -2.21. The second-order valence-corrected chi connectivity index (χ2v) is 11.8. The molecule has 0 radical (unpaired) electrons. The number of oxazole rings is 1. The SMILES string of the molecule is CCCc1nc2ccc(/C=C(/CCO)C(CC)CCN/C(C)=C(\OCC3(C)CC3)C(=O)Nc3cc(F)cc(F)c3)cc2o1. The van der Waals surface area contributed by atoms with Crippen molar-refractivity contribution in [3.05, 3.63) is 76.5 Å². The lowest BCUT2D eigenvalue weighted by molar-refractivity contribution is -0.116. The number of fused-ring (bicyclic) bond motifs is 1. The van der Waals surface area contributed by atoms with Crippen LogP contribution in [-0.2, 0) is 16.0 Å². The van der Waals surface area contributed by atoms with Crippen LogP contribution in [0.15, 0.2) is 57.8 Å². The summed E-state index contributed by atoms with van der Waals surface area (Å²) in [7, 11) is 0. The Morgan fingerprint density at radius 3 is 2.58 bits per heavy atom. The molecule has 1 amide bonds. The van der Waals surface area contributed by atoms with E-state index in [9.17, 15) is 18.7 Å². The van der Waals surface area contributed by atoms with Gasteiger partial charge in [-0.15, -0.1) is 0 Å². The van der Waals surface area contributed by atoms with Crippen LogP contribution < -0.4 is 10.6 Å². The van der Waals surface area contributed by atoms with Gasteiger partial charge in [0.15, 0.2) is 11.5 Å². The van der Waals surface area contributed by atoms with E-state index in [1.54, 1.807) is 6.92 Å². The maximum Gasteiger partial charge on any atom is 0.292 e. The molecule has 1 atom stereocenters. The first kappa shape index (κ1) is 32.2. The molecule has 1 heterocycles. The van der Waals surface area contributed by atoms with E-state index in [1.807, 2.05) is 18.2 Å². The number of aryl methyl sites for hydroxylation is 1. The largest absolute Gasteiger partial charge is 0.486 e. The van der Waals surface area contributed by atoms with Gasteiger partial charge in [-0.3, -0.25) is 4.79 Å². The zero-order chi connectivity index (χ0) is 31.0. The highest BCUT2D eigenvalue weighted by Gasteiger charge is 2.39. The first-order chi connectivity index (χ1) is 20.6. The maximum atomic E-state index is 13.7. The van der Waals surface area contributed by atoms with Crippen LogP contribution in [0.2, 0.25) is 0 Å². The molecule has 3 aromatic rings. The smallest absolute Gasteiger partial charge is 0.292 e. The number of allylic oxidation sites excluding steroid dienone is 1. The zero-order valence-corrected chi connectivity index (χ0v) is 25.6. The molecule has 0 spiro atoms. The Morgan fingerprint density at radius 1 is 1.19 bits per heavy atom. The molecule has 232 valence electrons. The molecule has 1 unspecified atom stereocenters. The molecule has 1 aliphatic rings. The standard InChI is InChI=1S/C34H43F2N3O4/c1-5-7-31-39-29-9-8-23(17-30(29)43-31)16-25(11-15-40)24(6-2)10-14-37-22(3)32(42-21-34(4)12-13-34)33(41)38-28-19-26(35)18-27(36)20-28/h8-9,16-20,24,37,40H,5-7,10-15,21H2,1-4H3,(H,38,41)/b25-16-,32-22-. The number of ether oxygens (including phenoxy) is 1. The van der Waals surface area contributed by atoms with Crippen molar-refractivity contribution in [2.45, 2.75) is 72.6 Å². The van der Waals surface area contributed by atoms with Crippen LogP contribution in [0.4, 0.5) is 14.5 Å². The minimum atomic E-state index is -0.776. The number of carbonyl (C=O) groups is 1. The highest BCUT2D eigenvalue weighted by atomic mass is 19.1. The number of rotatable bonds is 16. The van der Waals surface area contributed by atoms with Gasteiger partial charge in [-0.1, -0.05) is 38.5 Å². The van der Waals surface area contributed by atoms with Crippen molar-refractivity contribution < 1.29 is 27.8 Å². The first-order valence-electron chi connectivity index (χ1n) is 15.2. The number of amides is 1. The van der Waals surface area contributed by atoms with E-state index in [2.05, 4.69) is 42.5 Å². The van der Waals surface area contributed by atoms with Crippen LogP contribution >= 0.6 is 0 Å². The summed E-state index contributed by atoms with van der Waals surface area (Å²) in [6.45, 7) is 9.04. The summed E-state index contributed by atoms with van der Waals surface area (Å²) in [5.74, 6) is -1.10. The number of aromatic nitrogens is 1. The Bertz CT molecular complexity index is 1460. The van der Waals surface area contributed by atoms with Crippen molar-refractivity contribution in [1.29, 1.82) is 0 Å². The van der Waals surface area contributed by atoms with Crippen LogP contribution in [0.5, 0.6) is 0 Å². The summed E-state index contributed by atoms with van der Waals surface area (Å²) in [5, 5.41) is 15.7. The Balaban J connectivity index is 1.46. The third-order valence-electron chi connectivity index (χ3n) is 7.91. The Labute approximate surface area is 252 Å². The number of nitrogens with one attached hydrogen (secondary N) is 2. The van der Waals surface area contributed by atoms with Crippen LogP contribution in [0.25, 0.3) is 17.2 Å². The maximum absolute atomic E-state index is 13.7. The predicted molar refractivity (Wildman–Crippen MR) is 165 cm³/mol. The molecule has 0 bridgehead atoms. The van der Waals surface area contributed by atoms with E-state index in [0.29, 0.717) is 25.3 Å². The summed E-state index contributed by atoms with van der Waals surface area (Å²) in [5.41, 5.74) is 4.30. The number of hydrogen-bond donors (Lipinski definition) is 3. The minimum Gasteiger partial charge on any atom is -0.486 e. The van der Waals surface area contributed by atoms with E-state index < -0.39 is 17.5 Å². The summed E-state index contributed by atoms with van der Waals surface area (Å²) in [4.78, 5) is 17.7. The van der Waals surface area contributed by atoms with Gasteiger partial charge in [0.05, 0.1) is 12.3 Å². The molecule has 3 N–H and O–H groups in total. The molecule has 1 saturated carbocycles. The first-order valence-corrected chi connectivity index (χ1v) is 15.2. The van der Waals surface area contributed by atoms with E-state index in [1.165, 1.54) is 0 Å². The van der Waals surface area contributed by atoms with Gasteiger partial charge in [-0.2, -0.15) is 0 Å². The topological polar surface area (TPSA) is 96.6 Å². The van der Waals surface area contributed by atoms with Crippen LogP contribution in [0, 0.1) is 23.0 Å². The van der Waals surface area contributed by atoms with Crippen molar-refractivity contribution in [3.63, 3.8) is 0 Å². The van der Waals surface area contributed by atoms with E-state index >= 15 is 0 Å². The molecule has 1 fully saturated rings. The van der Waals surface area contributed by atoms with Gasteiger partial charge < -0.3 is 24.9 Å². The number of anilines is 1. The summed E-state index contributed by atoms with van der Waals surface area (Å²) in [6, 6.07) is 8.85. The van der Waals surface area contributed by atoms with Crippen molar-refractivity contribution in [3.8, 4) is 0 Å². The van der Waals surface area contributed by atoms with Gasteiger partial charge in [0.25, 0.3) is 5.91 Å². The summed E-state index contributed by atoms with van der Waals surface area (Å²) in [6.07, 6.45) is 8.09. The number of aliphatic hydroxyl groups excluding tert-OH is 1. The van der Waals surface area contributed by atoms with Crippen molar-refractivity contribution >= 4 is 28.8 Å². The number of halogens is 2. The molecule has 0 aliphatic heterocycles. The monoisotopic (exact) mass is 595 g/mol. The number of aliphatic hydroxyl groups is 1. The fourth-order valence-electron chi connectivity index (χ4n) is 5.06. The number of benzene rings is 2. The van der Waals surface area contributed by atoms with E-state index in [4.69, 9.17) is 9.15 Å².